The molecule has 1 aromatic carbocycles. The Labute approximate surface area is 87.1 Å². The summed E-state index contributed by atoms with van der Waals surface area (Å²) >= 11 is 3.05. The Balaban J connectivity index is 2.55. The molecule has 0 bridgehead atoms. The Morgan fingerprint density at radius 1 is 1.57 bits per heavy atom. The van der Waals surface area contributed by atoms with E-state index >= 15 is 0 Å². The monoisotopic (exact) mass is 257 g/mol. The second kappa shape index (κ2) is 3.49. The predicted molar refractivity (Wildman–Crippen MR) is 52.1 cm³/mol. The number of Topliss-reactive ketones (excluding diaryl/α,β-unsaturated/α-hetero) is 1. The maximum absolute atomic E-state index is 12.6. The van der Waals surface area contributed by atoms with Gasteiger partial charge in [0.2, 0.25) is 0 Å². The van der Waals surface area contributed by atoms with Gasteiger partial charge in [-0.25, -0.2) is 0 Å². The van der Waals surface area contributed by atoms with Gasteiger partial charge in [0.05, 0.1) is 5.33 Å². The molecule has 5 heteroatoms. The van der Waals surface area contributed by atoms with Gasteiger partial charge in [-0.05, 0) is 18.2 Å². The Bertz CT molecular complexity index is 495. The molecule has 1 aromatic heterocycles. The third kappa shape index (κ3) is 1.55. The van der Waals surface area contributed by atoms with E-state index < -0.39 is 6.14 Å². The topological polar surface area (TPSA) is 43.1 Å². The molecule has 0 unspecified atom stereocenters. The minimum atomic E-state index is -0.886. The molecular formula is C9H5BrFNO2. The molecule has 72 valence electrons. The van der Waals surface area contributed by atoms with E-state index in [0.29, 0.717) is 16.7 Å². The van der Waals surface area contributed by atoms with Crippen LogP contribution >= 0.6 is 15.9 Å². The first kappa shape index (κ1) is 9.33. The van der Waals surface area contributed by atoms with Gasteiger partial charge in [-0.3, -0.25) is 4.79 Å². The predicted octanol–water partition coefficient (Wildman–Crippen LogP) is 2.54. The second-order valence-corrected chi connectivity index (χ2v) is 3.27. The number of hydrogen-bond donors (Lipinski definition) is 0. The summed E-state index contributed by atoms with van der Waals surface area (Å²) in [5.41, 5.74) is 1.19. The van der Waals surface area contributed by atoms with E-state index in [4.69, 9.17) is 0 Å². The number of aromatic nitrogens is 1. The number of nitrogens with zero attached hydrogens (tertiary/aromatic N) is 1. The standard InChI is InChI=1S/C9H5BrFNO2/c10-4-7(13)5-1-2-8-6(3-5)12-9(11)14-8/h1-3H,4H2. The molecular weight excluding hydrogens is 253 g/mol. The van der Waals surface area contributed by atoms with Crippen LogP contribution in [0.25, 0.3) is 11.1 Å². The molecule has 0 N–H and O–H groups in total. The maximum atomic E-state index is 12.6. The van der Waals surface area contributed by atoms with Crippen molar-refractivity contribution in [3.8, 4) is 0 Å². The van der Waals surface area contributed by atoms with E-state index in [1.165, 1.54) is 12.1 Å². The van der Waals surface area contributed by atoms with Gasteiger partial charge in [0.1, 0.15) is 5.52 Å². The molecule has 0 spiro atoms. The lowest BCUT2D eigenvalue weighted by Gasteiger charge is -1.94. The SMILES string of the molecule is O=C(CBr)c1ccc2oc(F)nc2c1. The zero-order valence-corrected chi connectivity index (χ0v) is 8.54. The number of benzene rings is 1. The molecule has 0 amide bonds. The summed E-state index contributed by atoms with van der Waals surface area (Å²) in [6.45, 7) is 0. The van der Waals surface area contributed by atoms with Crippen LogP contribution in [-0.4, -0.2) is 16.1 Å². The van der Waals surface area contributed by atoms with E-state index in [1.807, 2.05) is 0 Å². The van der Waals surface area contributed by atoms with Gasteiger partial charge < -0.3 is 4.42 Å². The zero-order valence-electron chi connectivity index (χ0n) is 6.96. The number of carbonyl (C=O) groups is 1. The number of fused-ring (bicyclic) bond motifs is 1. The van der Waals surface area contributed by atoms with Crippen LogP contribution in [0.1, 0.15) is 10.4 Å². The summed E-state index contributed by atoms with van der Waals surface area (Å²) < 4.78 is 17.2. The van der Waals surface area contributed by atoms with Crippen molar-refractivity contribution in [1.82, 2.24) is 4.98 Å². The highest BCUT2D eigenvalue weighted by molar-refractivity contribution is 9.09. The number of rotatable bonds is 2. The molecule has 0 radical (unpaired) electrons. The van der Waals surface area contributed by atoms with Crippen LogP contribution in [0.4, 0.5) is 4.39 Å². The van der Waals surface area contributed by atoms with Crippen LogP contribution in [0.15, 0.2) is 22.6 Å². The summed E-state index contributed by atoms with van der Waals surface area (Å²) in [6, 6.07) is 4.61. The average molecular weight is 258 g/mol. The van der Waals surface area contributed by atoms with E-state index in [0.717, 1.165) is 0 Å². The third-order valence-electron chi connectivity index (χ3n) is 1.80. The highest BCUT2D eigenvalue weighted by Crippen LogP contribution is 2.16. The van der Waals surface area contributed by atoms with Gasteiger partial charge in [-0.1, -0.05) is 15.9 Å². The number of oxazole rings is 1. The van der Waals surface area contributed by atoms with Crippen LogP contribution < -0.4 is 0 Å². The molecule has 0 saturated heterocycles. The normalized spacial score (nSPS) is 10.7. The maximum Gasteiger partial charge on any atom is 0.382 e. The second-order valence-electron chi connectivity index (χ2n) is 2.71. The molecule has 0 aliphatic rings. The first-order chi connectivity index (χ1) is 6.70. The highest BCUT2D eigenvalue weighted by Gasteiger charge is 2.08. The van der Waals surface area contributed by atoms with Crippen LogP contribution in [0.5, 0.6) is 0 Å². The van der Waals surface area contributed by atoms with E-state index in [2.05, 4.69) is 25.3 Å². The van der Waals surface area contributed by atoms with Crippen molar-refractivity contribution in [3.05, 3.63) is 29.9 Å². The zero-order chi connectivity index (χ0) is 10.1. The quantitative estimate of drug-likeness (QED) is 0.614. The molecule has 2 aromatic rings. The molecule has 3 nitrogen and oxygen atoms in total. The molecule has 0 aliphatic heterocycles. The Morgan fingerprint density at radius 2 is 2.36 bits per heavy atom. The Morgan fingerprint density at radius 3 is 3.07 bits per heavy atom. The number of alkyl halides is 1. The molecule has 0 atom stereocenters. The molecule has 0 aliphatic carbocycles. The van der Waals surface area contributed by atoms with Crippen molar-refractivity contribution in [2.24, 2.45) is 0 Å². The van der Waals surface area contributed by atoms with Crippen molar-refractivity contribution in [3.63, 3.8) is 0 Å². The van der Waals surface area contributed by atoms with Crippen molar-refractivity contribution in [2.45, 2.75) is 0 Å². The summed E-state index contributed by atoms with van der Waals surface area (Å²) in [6.07, 6.45) is -0.886. The molecule has 2 rings (SSSR count). The summed E-state index contributed by atoms with van der Waals surface area (Å²) in [4.78, 5) is 14.8. The van der Waals surface area contributed by atoms with Crippen molar-refractivity contribution >= 4 is 32.8 Å². The van der Waals surface area contributed by atoms with Crippen LogP contribution in [-0.2, 0) is 0 Å². The van der Waals surface area contributed by atoms with Gasteiger partial charge in [0.25, 0.3) is 0 Å². The first-order valence-electron chi connectivity index (χ1n) is 3.86. The molecule has 0 fully saturated rings. The van der Waals surface area contributed by atoms with E-state index in [-0.39, 0.29) is 11.1 Å². The third-order valence-corrected chi connectivity index (χ3v) is 2.31. The van der Waals surface area contributed by atoms with E-state index in [9.17, 15) is 9.18 Å². The minimum Gasteiger partial charge on any atom is -0.415 e. The summed E-state index contributed by atoms with van der Waals surface area (Å²) in [7, 11) is 0. The van der Waals surface area contributed by atoms with Crippen molar-refractivity contribution < 1.29 is 13.6 Å². The number of ketones is 1. The lowest BCUT2D eigenvalue weighted by atomic mass is 10.1. The van der Waals surface area contributed by atoms with Gasteiger partial charge >= 0.3 is 6.14 Å². The first-order valence-corrected chi connectivity index (χ1v) is 4.98. The van der Waals surface area contributed by atoms with Crippen LogP contribution in [0.3, 0.4) is 0 Å². The molecule has 1 heterocycles. The fourth-order valence-corrected chi connectivity index (χ4v) is 1.47. The molecule has 14 heavy (non-hydrogen) atoms. The lowest BCUT2D eigenvalue weighted by molar-refractivity contribution is 0.102. The average Bonchev–Trinajstić information content (AvgIpc) is 2.55. The van der Waals surface area contributed by atoms with Crippen LogP contribution in [0, 0.1) is 6.14 Å². The fraction of sp³-hybridized carbons (Fsp3) is 0.111. The number of hydrogen-bond acceptors (Lipinski definition) is 3. The summed E-state index contributed by atoms with van der Waals surface area (Å²) in [5.74, 6) is -0.0738. The van der Waals surface area contributed by atoms with Gasteiger partial charge in [-0.15, -0.1) is 4.39 Å². The van der Waals surface area contributed by atoms with Gasteiger partial charge in [0.15, 0.2) is 11.4 Å². The highest BCUT2D eigenvalue weighted by atomic mass is 79.9. The number of carbonyl (C=O) groups excluding carboxylic acids is 1. The minimum absolute atomic E-state index is 0.0738. The number of halogens is 2. The van der Waals surface area contributed by atoms with Crippen molar-refractivity contribution in [1.29, 1.82) is 0 Å². The smallest absolute Gasteiger partial charge is 0.382 e. The van der Waals surface area contributed by atoms with Crippen molar-refractivity contribution in [2.75, 3.05) is 5.33 Å². The Kier molecular flexibility index (Phi) is 2.33. The van der Waals surface area contributed by atoms with E-state index in [1.54, 1.807) is 6.07 Å². The van der Waals surface area contributed by atoms with Gasteiger partial charge in [-0.2, -0.15) is 4.98 Å². The fourth-order valence-electron chi connectivity index (χ4n) is 1.15. The molecule has 0 saturated carbocycles. The Hall–Kier alpha value is -1.23. The lowest BCUT2D eigenvalue weighted by Crippen LogP contribution is -1.98. The summed E-state index contributed by atoms with van der Waals surface area (Å²) in [5, 5.41) is 0.235. The van der Waals surface area contributed by atoms with Crippen LogP contribution in [0.2, 0.25) is 0 Å². The largest absolute Gasteiger partial charge is 0.415 e. The van der Waals surface area contributed by atoms with Gasteiger partial charge in [0, 0.05) is 5.56 Å².